The van der Waals surface area contributed by atoms with Crippen molar-refractivity contribution in [3.8, 4) is 11.4 Å². The summed E-state index contributed by atoms with van der Waals surface area (Å²) in [6.45, 7) is 0.735. The smallest absolute Gasteiger partial charge is 0.258 e. The Morgan fingerprint density at radius 3 is 2.53 bits per heavy atom. The van der Waals surface area contributed by atoms with E-state index >= 15 is 0 Å². The Balaban J connectivity index is 1.43. The lowest BCUT2D eigenvalue weighted by molar-refractivity contribution is 0.639. The molecule has 2 aromatic carbocycles. The van der Waals surface area contributed by atoms with Gasteiger partial charge in [0.05, 0.1) is 16.7 Å². The van der Waals surface area contributed by atoms with Gasteiger partial charge in [-0.2, -0.15) is 0 Å². The van der Waals surface area contributed by atoms with E-state index in [9.17, 15) is 4.79 Å². The summed E-state index contributed by atoms with van der Waals surface area (Å²) in [5.41, 5.74) is 2.77. The minimum atomic E-state index is -0.130. The van der Waals surface area contributed by atoms with E-state index < -0.39 is 0 Å². The normalized spacial score (nSPS) is 11.1. The second kappa shape index (κ2) is 9.15. The van der Waals surface area contributed by atoms with Crippen LogP contribution in [0.2, 0.25) is 0 Å². The zero-order valence-corrected chi connectivity index (χ0v) is 18.0. The molecule has 0 aliphatic heterocycles. The standard InChI is InChI=1S/C24H20N6OS/c31-23-19-8-4-5-9-20(19)26-21(27-23)16-32-24-29-28-22(18-10-13-25-14-11-18)30(24)15-12-17-6-2-1-3-7-17/h1-11,13-14H,12,15-16H2,(H,26,27,31). The number of para-hydroxylation sites is 1. The molecular weight excluding hydrogens is 420 g/mol. The molecule has 0 saturated heterocycles. The summed E-state index contributed by atoms with van der Waals surface area (Å²) >= 11 is 1.51. The van der Waals surface area contributed by atoms with Crippen LogP contribution in [0, 0.1) is 0 Å². The van der Waals surface area contributed by atoms with Crippen LogP contribution in [0.1, 0.15) is 11.4 Å². The Bertz CT molecular complexity index is 1400. The molecule has 32 heavy (non-hydrogen) atoms. The van der Waals surface area contributed by atoms with Crippen molar-refractivity contribution >= 4 is 22.7 Å². The van der Waals surface area contributed by atoms with Crippen LogP contribution in [0.3, 0.4) is 0 Å². The Kier molecular flexibility index (Phi) is 5.76. The van der Waals surface area contributed by atoms with Crippen LogP contribution in [0.4, 0.5) is 0 Å². The van der Waals surface area contributed by atoms with Gasteiger partial charge in [0.15, 0.2) is 11.0 Å². The number of hydrogen-bond acceptors (Lipinski definition) is 6. The van der Waals surface area contributed by atoms with Crippen LogP contribution >= 0.6 is 11.8 Å². The number of benzene rings is 2. The third kappa shape index (κ3) is 4.31. The molecule has 3 heterocycles. The Labute approximate surface area is 188 Å². The first-order valence-electron chi connectivity index (χ1n) is 10.3. The maximum atomic E-state index is 12.4. The highest BCUT2D eigenvalue weighted by molar-refractivity contribution is 7.98. The first kappa shape index (κ1) is 20.1. The molecule has 5 rings (SSSR count). The van der Waals surface area contributed by atoms with Crippen molar-refractivity contribution in [1.82, 2.24) is 29.7 Å². The fourth-order valence-electron chi connectivity index (χ4n) is 3.53. The number of aryl methyl sites for hydroxylation is 1. The zero-order chi connectivity index (χ0) is 21.8. The number of fused-ring (bicyclic) bond motifs is 1. The van der Waals surface area contributed by atoms with Crippen LogP contribution in [0.5, 0.6) is 0 Å². The van der Waals surface area contributed by atoms with Crippen molar-refractivity contribution in [1.29, 1.82) is 0 Å². The first-order valence-corrected chi connectivity index (χ1v) is 11.2. The molecule has 7 nitrogen and oxygen atoms in total. The molecular formula is C24H20N6OS. The molecule has 3 aromatic heterocycles. The topological polar surface area (TPSA) is 89.4 Å². The summed E-state index contributed by atoms with van der Waals surface area (Å²) in [6.07, 6.45) is 4.36. The average molecular weight is 441 g/mol. The predicted octanol–water partition coefficient (Wildman–Crippen LogP) is 4.11. The second-order valence-corrected chi connectivity index (χ2v) is 8.19. The maximum absolute atomic E-state index is 12.4. The van der Waals surface area contributed by atoms with Gasteiger partial charge in [0.25, 0.3) is 5.56 Å². The highest BCUT2D eigenvalue weighted by Crippen LogP contribution is 2.26. The number of nitrogens with zero attached hydrogens (tertiary/aromatic N) is 5. The molecule has 0 fully saturated rings. The Hall–Kier alpha value is -3.78. The fraction of sp³-hybridized carbons (Fsp3) is 0.125. The molecule has 0 aliphatic rings. The lowest BCUT2D eigenvalue weighted by Crippen LogP contribution is -2.11. The van der Waals surface area contributed by atoms with Gasteiger partial charge in [0.1, 0.15) is 5.82 Å². The van der Waals surface area contributed by atoms with Crippen molar-refractivity contribution in [2.75, 3.05) is 0 Å². The lowest BCUT2D eigenvalue weighted by Gasteiger charge is -2.10. The third-order valence-electron chi connectivity index (χ3n) is 5.12. The summed E-state index contributed by atoms with van der Waals surface area (Å²) < 4.78 is 2.12. The van der Waals surface area contributed by atoms with Crippen molar-refractivity contribution in [2.45, 2.75) is 23.9 Å². The van der Waals surface area contributed by atoms with E-state index in [0.717, 1.165) is 29.5 Å². The molecule has 158 valence electrons. The highest BCUT2D eigenvalue weighted by atomic mass is 32.2. The summed E-state index contributed by atoms with van der Waals surface area (Å²) in [5.74, 6) is 1.90. The third-order valence-corrected chi connectivity index (χ3v) is 6.10. The molecule has 1 N–H and O–H groups in total. The van der Waals surface area contributed by atoms with E-state index in [1.54, 1.807) is 18.5 Å². The molecule has 0 unspecified atom stereocenters. The molecule has 5 aromatic rings. The van der Waals surface area contributed by atoms with Crippen molar-refractivity contribution < 1.29 is 0 Å². The predicted molar refractivity (Wildman–Crippen MR) is 125 cm³/mol. The summed E-state index contributed by atoms with van der Waals surface area (Å²) in [4.78, 5) is 24.0. The van der Waals surface area contributed by atoms with E-state index in [0.29, 0.717) is 22.5 Å². The van der Waals surface area contributed by atoms with Gasteiger partial charge >= 0.3 is 0 Å². The molecule has 0 amide bonds. The molecule has 0 spiro atoms. The molecule has 0 saturated carbocycles. The van der Waals surface area contributed by atoms with Gasteiger partial charge in [0, 0.05) is 24.5 Å². The van der Waals surface area contributed by atoms with E-state index in [1.807, 2.05) is 48.5 Å². The molecule has 0 radical (unpaired) electrons. The van der Waals surface area contributed by atoms with Gasteiger partial charge in [-0.15, -0.1) is 10.2 Å². The van der Waals surface area contributed by atoms with Gasteiger partial charge in [-0.1, -0.05) is 54.2 Å². The van der Waals surface area contributed by atoms with E-state index in [1.165, 1.54) is 17.3 Å². The van der Waals surface area contributed by atoms with Crippen LogP contribution in [0.15, 0.2) is 89.1 Å². The van der Waals surface area contributed by atoms with Crippen molar-refractivity contribution in [3.63, 3.8) is 0 Å². The number of nitrogens with one attached hydrogen (secondary N) is 1. The van der Waals surface area contributed by atoms with Crippen LogP contribution in [0.25, 0.3) is 22.3 Å². The second-order valence-electron chi connectivity index (χ2n) is 7.25. The zero-order valence-electron chi connectivity index (χ0n) is 17.2. The van der Waals surface area contributed by atoms with Gasteiger partial charge < -0.3 is 9.55 Å². The molecule has 0 bridgehead atoms. The minimum Gasteiger partial charge on any atom is -0.309 e. The Morgan fingerprint density at radius 2 is 1.69 bits per heavy atom. The number of rotatable bonds is 7. The first-order chi connectivity index (χ1) is 15.8. The lowest BCUT2D eigenvalue weighted by atomic mass is 10.1. The Morgan fingerprint density at radius 1 is 0.906 bits per heavy atom. The van der Waals surface area contributed by atoms with E-state index in [4.69, 9.17) is 0 Å². The number of aromatic amines is 1. The molecule has 8 heteroatoms. The minimum absolute atomic E-state index is 0.130. The summed E-state index contributed by atoms with van der Waals surface area (Å²) in [6, 6.07) is 21.5. The monoisotopic (exact) mass is 440 g/mol. The average Bonchev–Trinajstić information content (AvgIpc) is 3.25. The quantitative estimate of drug-likeness (QED) is 0.383. The number of hydrogen-bond donors (Lipinski definition) is 1. The van der Waals surface area contributed by atoms with Crippen molar-refractivity contribution in [3.05, 3.63) is 101 Å². The van der Waals surface area contributed by atoms with Gasteiger partial charge in [0.2, 0.25) is 0 Å². The number of aromatic nitrogens is 6. The van der Waals surface area contributed by atoms with Crippen molar-refractivity contribution in [2.24, 2.45) is 0 Å². The van der Waals surface area contributed by atoms with Gasteiger partial charge in [-0.25, -0.2) is 4.98 Å². The van der Waals surface area contributed by atoms with Crippen LogP contribution in [-0.2, 0) is 18.7 Å². The summed E-state index contributed by atoms with van der Waals surface area (Å²) in [5, 5.41) is 10.3. The van der Waals surface area contributed by atoms with Gasteiger partial charge in [-0.05, 0) is 36.2 Å². The number of thioether (sulfide) groups is 1. The number of H-pyrrole nitrogens is 1. The maximum Gasteiger partial charge on any atom is 0.258 e. The number of pyridine rings is 1. The van der Waals surface area contributed by atoms with Crippen LogP contribution < -0.4 is 5.56 Å². The largest absolute Gasteiger partial charge is 0.309 e. The van der Waals surface area contributed by atoms with Gasteiger partial charge in [-0.3, -0.25) is 9.78 Å². The van der Waals surface area contributed by atoms with E-state index in [-0.39, 0.29) is 5.56 Å². The SMILES string of the molecule is O=c1[nH]c(CSc2nnc(-c3ccncc3)n2CCc2ccccc2)nc2ccccc12. The summed E-state index contributed by atoms with van der Waals surface area (Å²) in [7, 11) is 0. The van der Waals surface area contributed by atoms with E-state index in [2.05, 4.69) is 41.8 Å². The van der Waals surface area contributed by atoms with Crippen LogP contribution in [-0.4, -0.2) is 29.7 Å². The highest BCUT2D eigenvalue weighted by Gasteiger charge is 2.15. The molecule has 0 atom stereocenters. The fourth-order valence-corrected chi connectivity index (χ4v) is 4.37. The molecule has 0 aliphatic carbocycles.